The van der Waals surface area contributed by atoms with E-state index in [4.69, 9.17) is 4.74 Å². The van der Waals surface area contributed by atoms with E-state index in [1.165, 1.54) is 0 Å². The lowest BCUT2D eigenvalue weighted by Gasteiger charge is -2.38. The topological polar surface area (TPSA) is 53.1 Å². The van der Waals surface area contributed by atoms with E-state index in [0.717, 1.165) is 49.2 Å². The summed E-state index contributed by atoms with van der Waals surface area (Å²) in [6.07, 6.45) is 3.07. The summed E-state index contributed by atoms with van der Waals surface area (Å²) in [5, 5.41) is 0. The van der Waals surface area contributed by atoms with Crippen molar-refractivity contribution in [2.75, 3.05) is 37.6 Å². The van der Waals surface area contributed by atoms with Crippen molar-refractivity contribution in [3.8, 4) is 0 Å². The molecule has 0 radical (unpaired) electrons. The standard InChI is InChI=1S/C22H30BrN3O3/c1-15-12-24(13-16(2)29-15)14-19-7-4-9-25(19)21(27)20-8-10-26(22(20)28)18-6-3-5-17(23)11-18/h3,5-6,11,15-16,19-20H,4,7-10,12-14H2,1-2H3. The van der Waals surface area contributed by atoms with Crippen LogP contribution in [0.1, 0.15) is 33.1 Å². The molecule has 29 heavy (non-hydrogen) atoms. The highest BCUT2D eigenvalue weighted by Crippen LogP contribution is 2.30. The van der Waals surface area contributed by atoms with Gasteiger partial charge in [-0.1, -0.05) is 22.0 Å². The normalized spacial score (nSPS) is 30.9. The Hall–Kier alpha value is -1.44. The number of morpholine rings is 1. The van der Waals surface area contributed by atoms with Gasteiger partial charge in [0.25, 0.3) is 0 Å². The van der Waals surface area contributed by atoms with Gasteiger partial charge in [-0.05, 0) is 51.3 Å². The zero-order chi connectivity index (χ0) is 20.5. The minimum absolute atomic E-state index is 0.0179. The largest absolute Gasteiger partial charge is 0.373 e. The van der Waals surface area contributed by atoms with E-state index in [-0.39, 0.29) is 30.1 Å². The van der Waals surface area contributed by atoms with Gasteiger partial charge >= 0.3 is 0 Å². The summed E-state index contributed by atoms with van der Waals surface area (Å²) in [5.41, 5.74) is 0.855. The molecule has 0 spiro atoms. The molecule has 1 aromatic rings. The van der Waals surface area contributed by atoms with E-state index < -0.39 is 5.92 Å². The summed E-state index contributed by atoms with van der Waals surface area (Å²) in [6.45, 7) is 8.26. The molecule has 4 rings (SSSR count). The molecule has 4 unspecified atom stereocenters. The summed E-state index contributed by atoms with van der Waals surface area (Å²) < 4.78 is 6.77. The van der Waals surface area contributed by atoms with Crippen LogP contribution in [-0.4, -0.2) is 72.6 Å². The summed E-state index contributed by atoms with van der Waals surface area (Å²) in [6, 6.07) is 7.92. The van der Waals surface area contributed by atoms with Gasteiger partial charge < -0.3 is 14.5 Å². The Morgan fingerprint density at radius 1 is 1.17 bits per heavy atom. The molecule has 6 nitrogen and oxygen atoms in total. The molecule has 0 bridgehead atoms. The minimum atomic E-state index is -0.544. The Morgan fingerprint density at radius 3 is 2.66 bits per heavy atom. The van der Waals surface area contributed by atoms with Crippen molar-refractivity contribution in [2.45, 2.75) is 51.4 Å². The molecule has 3 heterocycles. The first-order valence-electron chi connectivity index (χ1n) is 10.7. The molecule has 0 aliphatic carbocycles. The molecule has 0 N–H and O–H groups in total. The number of halogens is 1. The van der Waals surface area contributed by atoms with Crippen LogP contribution in [0, 0.1) is 5.92 Å². The number of carbonyl (C=O) groups is 2. The number of anilines is 1. The smallest absolute Gasteiger partial charge is 0.239 e. The van der Waals surface area contributed by atoms with Crippen LogP contribution >= 0.6 is 15.9 Å². The summed E-state index contributed by atoms with van der Waals surface area (Å²) in [5.74, 6) is -0.589. The van der Waals surface area contributed by atoms with Gasteiger partial charge in [-0.15, -0.1) is 0 Å². The highest BCUT2D eigenvalue weighted by molar-refractivity contribution is 9.10. The Bertz CT molecular complexity index is 763. The van der Waals surface area contributed by atoms with Gasteiger partial charge in [0.2, 0.25) is 11.8 Å². The van der Waals surface area contributed by atoms with Crippen LogP contribution < -0.4 is 4.90 Å². The Labute approximate surface area is 181 Å². The quantitative estimate of drug-likeness (QED) is 0.644. The molecular formula is C22H30BrN3O3. The van der Waals surface area contributed by atoms with Crippen molar-refractivity contribution in [2.24, 2.45) is 5.92 Å². The monoisotopic (exact) mass is 463 g/mol. The van der Waals surface area contributed by atoms with Crippen LogP contribution in [0.25, 0.3) is 0 Å². The van der Waals surface area contributed by atoms with E-state index in [2.05, 4.69) is 34.7 Å². The number of nitrogens with zero attached hydrogens (tertiary/aromatic N) is 3. The molecule has 7 heteroatoms. The number of carbonyl (C=O) groups excluding carboxylic acids is 2. The Kier molecular flexibility index (Phi) is 6.27. The summed E-state index contributed by atoms with van der Waals surface area (Å²) in [4.78, 5) is 32.5. The fraction of sp³-hybridized carbons (Fsp3) is 0.636. The third kappa shape index (κ3) is 4.52. The average Bonchev–Trinajstić information content (AvgIpc) is 3.27. The van der Waals surface area contributed by atoms with Crippen LogP contribution in [0.3, 0.4) is 0 Å². The molecule has 3 fully saturated rings. The third-order valence-corrected chi connectivity index (χ3v) is 6.74. The van der Waals surface area contributed by atoms with Crippen molar-refractivity contribution in [1.29, 1.82) is 0 Å². The van der Waals surface area contributed by atoms with Crippen molar-refractivity contribution < 1.29 is 14.3 Å². The van der Waals surface area contributed by atoms with Gasteiger partial charge in [0.15, 0.2) is 0 Å². The number of likely N-dealkylation sites (tertiary alicyclic amines) is 1. The molecule has 3 aliphatic rings. The summed E-state index contributed by atoms with van der Waals surface area (Å²) in [7, 11) is 0. The molecule has 1 aromatic carbocycles. The van der Waals surface area contributed by atoms with Gasteiger partial charge in [0, 0.05) is 48.9 Å². The molecule has 4 atom stereocenters. The number of benzene rings is 1. The predicted octanol–water partition coefficient (Wildman–Crippen LogP) is 2.90. The zero-order valence-electron chi connectivity index (χ0n) is 17.2. The summed E-state index contributed by atoms with van der Waals surface area (Å²) >= 11 is 3.46. The molecule has 2 amide bonds. The lowest BCUT2D eigenvalue weighted by Crippen LogP contribution is -2.52. The highest BCUT2D eigenvalue weighted by Gasteiger charge is 2.43. The first-order valence-corrected chi connectivity index (χ1v) is 11.5. The van der Waals surface area contributed by atoms with Crippen molar-refractivity contribution in [3.05, 3.63) is 28.7 Å². The van der Waals surface area contributed by atoms with Crippen LogP contribution in [-0.2, 0) is 14.3 Å². The molecule has 3 saturated heterocycles. The Morgan fingerprint density at radius 2 is 1.93 bits per heavy atom. The zero-order valence-corrected chi connectivity index (χ0v) is 18.8. The second kappa shape index (κ2) is 8.74. The minimum Gasteiger partial charge on any atom is -0.373 e. The van der Waals surface area contributed by atoms with Crippen molar-refractivity contribution in [1.82, 2.24) is 9.80 Å². The van der Waals surface area contributed by atoms with Gasteiger partial charge in [0.1, 0.15) is 5.92 Å². The van der Waals surface area contributed by atoms with E-state index >= 15 is 0 Å². The van der Waals surface area contributed by atoms with Crippen LogP contribution in [0.5, 0.6) is 0 Å². The maximum absolute atomic E-state index is 13.3. The lowest BCUT2D eigenvalue weighted by atomic mass is 10.1. The number of ether oxygens (including phenoxy) is 1. The van der Waals surface area contributed by atoms with Crippen LogP contribution in [0.15, 0.2) is 28.7 Å². The number of hydrogen-bond acceptors (Lipinski definition) is 4. The fourth-order valence-corrected chi connectivity index (χ4v) is 5.44. The second-order valence-electron chi connectivity index (χ2n) is 8.61. The third-order valence-electron chi connectivity index (χ3n) is 6.25. The van der Waals surface area contributed by atoms with Gasteiger partial charge in [-0.25, -0.2) is 0 Å². The maximum atomic E-state index is 13.3. The van der Waals surface area contributed by atoms with E-state index in [9.17, 15) is 9.59 Å². The molecular weight excluding hydrogens is 434 g/mol. The molecule has 0 aromatic heterocycles. The fourth-order valence-electron chi connectivity index (χ4n) is 5.06. The molecule has 158 valence electrons. The SMILES string of the molecule is CC1CN(CC2CCCN2C(=O)C2CCN(c3cccc(Br)c3)C2=O)CC(C)O1. The molecule has 3 aliphatic heterocycles. The van der Waals surface area contributed by atoms with Gasteiger partial charge in [-0.3, -0.25) is 14.5 Å². The predicted molar refractivity (Wildman–Crippen MR) is 116 cm³/mol. The van der Waals surface area contributed by atoms with E-state index in [1.54, 1.807) is 4.90 Å². The number of amides is 2. The molecule has 0 saturated carbocycles. The maximum Gasteiger partial charge on any atom is 0.239 e. The number of hydrogen-bond donors (Lipinski definition) is 0. The van der Waals surface area contributed by atoms with Gasteiger partial charge in [0.05, 0.1) is 12.2 Å². The van der Waals surface area contributed by atoms with E-state index in [1.807, 2.05) is 29.2 Å². The lowest BCUT2D eigenvalue weighted by molar-refractivity contribution is -0.141. The first-order chi connectivity index (χ1) is 13.9. The highest BCUT2D eigenvalue weighted by atomic mass is 79.9. The van der Waals surface area contributed by atoms with Crippen molar-refractivity contribution >= 4 is 33.4 Å². The Balaban J connectivity index is 1.41. The van der Waals surface area contributed by atoms with Crippen LogP contribution in [0.2, 0.25) is 0 Å². The first kappa shape index (κ1) is 20.8. The van der Waals surface area contributed by atoms with Crippen LogP contribution in [0.4, 0.5) is 5.69 Å². The average molecular weight is 464 g/mol. The second-order valence-corrected chi connectivity index (χ2v) is 9.53. The van der Waals surface area contributed by atoms with Crippen molar-refractivity contribution in [3.63, 3.8) is 0 Å². The van der Waals surface area contributed by atoms with Gasteiger partial charge in [-0.2, -0.15) is 0 Å². The van der Waals surface area contributed by atoms with E-state index in [0.29, 0.717) is 13.0 Å². The number of rotatable bonds is 4.